The molecular weight excluding hydrogens is 324 g/mol. The van der Waals surface area contributed by atoms with Crippen LogP contribution in [-0.4, -0.2) is 44.6 Å². The third-order valence-corrected chi connectivity index (χ3v) is 5.53. The average molecular weight is 344 g/mol. The van der Waals surface area contributed by atoms with Crippen molar-refractivity contribution in [2.75, 3.05) is 13.1 Å². The van der Waals surface area contributed by atoms with E-state index in [0.29, 0.717) is 6.54 Å². The molecule has 0 amide bonds. The van der Waals surface area contributed by atoms with Gasteiger partial charge in [-0.2, -0.15) is 5.10 Å². The summed E-state index contributed by atoms with van der Waals surface area (Å²) in [7, 11) is 0. The van der Waals surface area contributed by atoms with Crippen LogP contribution in [0.3, 0.4) is 0 Å². The van der Waals surface area contributed by atoms with Crippen molar-refractivity contribution in [3.63, 3.8) is 0 Å². The van der Waals surface area contributed by atoms with Gasteiger partial charge in [0, 0.05) is 49.1 Å². The van der Waals surface area contributed by atoms with Gasteiger partial charge in [-0.3, -0.25) is 10.00 Å². The molecule has 0 spiro atoms. The number of aliphatic hydroxyl groups is 1. The van der Waals surface area contributed by atoms with Gasteiger partial charge in [0.1, 0.15) is 5.76 Å². The quantitative estimate of drug-likeness (QED) is 0.743. The van der Waals surface area contributed by atoms with Crippen LogP contribution < -0.4 is 0 Å². The molecule has 1 aliphatic rings. The number of nitrogens with zero attached hydrogens (tertiary/aromatic N) is 3. The number of aryl methyl sites for hydroxylation is 1. The SMILES string of the molecule is Cc1cc(C[C@@H]2CN(Cc3ccc(-c4ccn[nH]4)s3)C[C@H]2O)on1. The van der Waals surface area contributed by atoms with E-state index in [9.17, 15) is 5.11 Å². The molecule has 24 heavy (non-hydrogen) atoms. The predicted molar refractivity (Wildman–Crippen MR) is 91.6 cm³/mol. The molecule has 0 bridgehead atoms. The summed E-state index contributed by atoms with van der Waals surface area (Å²) in [6.45, 7) is 4.35. The Morgan fingerprint density at radius 2 is 2.29 bits per heavy atom. The molecule has 3 aromatic rings. The second-order valence-corrected chi connectivity index (χ2v) is 7.56. The molecule has 126 valence electrons. The van der Waals surface area contributed by atoms with E-state index in [0.717, 1.165) is 36.7 Å². The summed E-state index contributed by atoms with van der Waals surface area (Å²) in [5.74, 6) is 1.06. The molecule has 2 N–H and O–H groups in total. The van der Waals surface area contributed by atoms with Gasteiger partial charge in [-0.15, -0.1) is 11.3 Å². The second kappa shape index (κ2) is 6.51. The Balaban J connectivity index is 1.37. The maximum atomic E-state index is 10.3. The summed E-state index contributed by atoms with van der Waals surface area (Å²) in [5, 5.41) is 21.3. The summed E-state index contributed by atoms with van der Waals surface area (Å²) in [6.07, 6.45) is 2.19. The van der Waals surface area contributed by atoms with Crippen LogP contribution in [0.15, 0.2) is 35.0 Å². The Hall–Kier alpha value is -1.96. The van der Waals surface area contributed by atoms with Gasteiger partial charge in [0.05, 0.1) is 22.4 Å². The fraction of sp³-hybridized carbons (Fsp3) is 0.412. The molecule has 0 saturated carbocycles. The number of nitrogens with one attached hydrogen (secondary N) is 1. The standard InChI is InChI=1S/C17H20N4O2S/c1-11-6-13(23-20-11)7-12-8-21(10-16(12)22)9-14-2-3-17(24-14)15-4-5-18-19-15/h2-6,12,16,22H,7-10H2,1H3,(H,18,19)/t12-,16-/m1/s1. The van der Waals surface area contributed by atoms with Crippen molar-refractivity contribution in [2.24, 2.45) is 5.92 Å². The van der Waals surface area contributed by atoms with Crippen LogP contribution in [0.25, 0.3) is 10.6 Å². The lowest BCUT2D eigenvalue weighted by Crippen LogP contribution is -2.20. The number of aromatic nitrogens is 3. The number of β-amino-alcohol motifs (C(OH)–C–C–N with tert-alkyl or cyclic N) is 1. The first-order valence-electron chi connectivity index (χ1n) is 8.08. The minimum Gasteiger partial charge on any atom is -0.391 e. The predicted octanol–water partition coefficient (Wildman–Crippen LogP) is 2.47. The normalized spacial score (nSPS) is 21.6. The highest BCUT2D eigenvalue weighted by Gasteiger charge is 2.32. The smallest absolute Gasteiger partial charge is 0.137 e. The molecule has 0 aliphatic carbocycles. The van der Waals surface area contributed by atoms with Crippen LogP contribution in [-0.2, 0) is 13.0 Å². The van der Waals surface area contributed by atoms with Crippen LogP contribution in [0.5, 0.6) is 0 Å². The van der Waals surface area contributed by atoms with E-state index in [1.807, 2.05) is 19.1 Å². The highest BCUT2D eigenvalue weighted by atomic mass is 32.1. The zero-order valence-electron chi connectivity index (χ0n) is 13.5. The molecule has 4 heterocycles. The van der Waals surface area contributed by atoms with Crippen LogP contribution >= 0.6 is 11.3 Å². The van der Waals surface area contributed by atoms with Gasteiger partial charge in [-0.05, 0) is 25.1 Å². The molecule has 4 rings (SSSR count). The van der Waals surface area contributed by atoms with Crippen LogP contribution in [0.2, 0.25) is 0 Å². The van der Waals surface area contributed by atoms with E-state index in [1.165, 1.54) is 9.75 Å². The summed E-state index contributed by atoms with van der Waals surface area (Å²) in [6, 6.07) is 8.20. The highest BCUT2D eigenvalue weighted by Crippen LogP contribution is 2.29. The van der Waals surface area contributed by atoms with E-state index >= 15 is 0 Å². The van der Waals surface area contributed by atoms with Gasteiger partial charge in [0.25, 0.3) is 0 Å². The maximum Gasteiger partial charge on any atom is 0.137 e. The maximum absolute atomic E-state index is 10.3. The van der Waals surface area contributed by atoms with Crippen molar-refractivity contribution >= 4 is 11.3 Å². The van der Waals surface area contributed by atoms with E-state index in [1.54, 1.807) is 17.5 Å². The number of aromatic amines is 1. The molecule has 7 heteroatoms. The third kappa shape index (κ3) is 3.28. The Labute approximate surface area is 144 Å². The number of hydrogen-bond acceptors (Lipinski definition) is 6. The van der Waals surface area contributed by atoms with Crippen molar-refractivity contribution in [1.29, 1.82) is 0 Å². The second-order valence-electron chi connectivity index (χ2n) is 6.40. The summed E-state index contributed by atoms with van der Waals surface area (Å²) in [4.78, 5) is 4.79. The third-order valence-electron chi connectivity index (χ3n) is 4.43. The fourth-order valence-corrected chi connectivity index (χ4v) is 4.29. The van der Waals surface area contributed by atoms with Crippen LogP contribution in [0.1, 0.15) is 16.3 Å². The molecule has 3 aromatic heterocycles. The van der Waals surface area contributed by atoms with Gasteiger partial charge in [-0.25, -0.2) is 0 Å². The summed E-state index contributed by atoms with van der Waals surface area (Å²) in [5.41, 5.74) is 1.94. The minimum atomic E-state index is -0.317. The van der Waals surface area contributed by atoms with Gasteiger partial charge in [0.15, 0.2) is 0 Å². The Kier molecular flexibility index (Phi) is 4.22. The lowest BCUT2D eigenvalue weighted by atomic mass is 10.0. The van der Waals surface area contributed by atoms with Crippen LogP contribution in [0, 0.1) is 12.8 Å². The van der Waals surface area contributed by atoms with Gasteiger partial charge in [-0.1, -0.05) is 5.16 Å². The molecule has 1 saturated heterocycles. The van der Waals surface area contributed by atoms with Gasteiger partial charge >= 0.3 is 0 Å². The number of likely N-dealkylation sites (tertiary alicyclic amines) is 1. The molecule has 0 aromatic carbocycles. The lowest BCUT2D eigenvalue weighted by Gasteiger charge is -2.13. The molecule has 0 unspecified atom stereocenters. The number of rotatable bonds is 5. The van der Waals surface area contributed by atoms with Crippen LogP contribution in [0.4, 0.5) is 0 Å². The molecule has 0 radical (unpaired) electrons. The van der Waals surface area contributed by atoms with E-state index in [4.69, 9.17) is 4.52 Å². The Morgan fingerprint density at radius 3 is 3.04 bits per heavy atom. The monoisotopic (exact) mass is 344 g/mol. The van der Waals surface area contributed by atoms with Crippen molar-refractivity contribution in [1.82, 2.24) is 20.3 Å². The summed E-state index contributed by atoms with van der Waals surface area (Å²) >= 11 is 1.76. The van der Waals surface area contributed by atoms with E-state index < -0.39 is 0 Å². The first-order valence-corrected chi connectivity index (χ1v) is 8.90. The zero-order valence-corrected chi connectivity index (χ0v) is 14.3. The van der Waals surface area contributed by atoms with Gasteiger partial charge in [0.2, 0.25) is 0 Å². The lowest BCUT2D eigenvalue weighted by molar-refractivity contribution is 0.137. The Bertz CT molecular complexity index is 795. The number of aliphatic hydroxyl groups excluding tert-OH is 1. The average Bonchev–Trinajstić information content (AvgIpc) is 3.29. The first-order chi connectivity index (χ1) is 11.7. The topological polar surface area (TPSA) is 78.2 Å². The molecule has 1 fully saturated rings. The fourth-order valence-electron chi connectivity index (χ4n) is 3.26. The number of hydrogen-bond donors (Lipinski definition) is 2. The zero-order chi connectivity index (χ0) is 16.5. The largest absolute Gasteiger partial charge is 0.391 e. The number of H-pyrrole nitrogens is 1. The molecule has 1 aliphatic heterocycles. The minimum absolute atomic E-state index is 0.199. The first kappa shape index (κ1) is 15.6. The van der Waals surface area contributed by atoms with Gasteiger partial charge < -0.3 is 9.63 Å². The van der Waals surface area contributed by atoms with Crippen molar-refractivity contribution in [3.8, 4) is 10.6 Å². The van der Waals surface area contributed by atoms with Crippen molar-refractivity contribution < 1.29 is 9.63 Å². The molecule has 6 nitrogen and oxygen atoms in total. The summed E-state index contributed by atoms with van der Waals surface area (Å²) < 4.78 is 5.29. The number of thiophene rings is 1. The molecular formula is C17H20N4O2S. The van der Waals surface area contributed by atoms with Crippen molar-refractivity contribution in [3.05, 3.63) is 46.8 Å². The Morgan fingerprint density at radius 1 is 1.38 bits per heavy atom. The molecule has 2 atom stereocenters. The van der Waals surface area contributed by atoms with E-state index in [2.05, 4.69) is 32.4 Å². The van der Waals surface area contributed by atoms with Crippen molar-refractivity contribution in [2.45, 2.75) is 26.0 Å². The highest BCUT2D eigenvalue weighted by molar-refractivity contribution is 7.15. The van der Waals surface area contributed by atoms with E-state index in [-0.39, 0.29) is 12.0 Å².